The van der Waals surface area contributed by atoms with Gasteiger partial charge in [0.05, 0.1) is 26.4 Å². The lowest BCUT2D eigenvalue weighted by Gasteiger charge is -2.21. The molecule has 5 atom stereocenters. The SMILES string of the molecule is CC/C=C\C/C=C\C/C=C\C/C=C\C/C=C\CCCCCC(=O)OCC(COP(=O)(O)OCC(O)COP(=O)(O)OCC(COC(=O)CCCCCC/C=C\C/C=C\C/C=C\C/C=C\CC)OC(=O)CCCCCCCCCCCCC)OC(=O)CCCCCCCCCCCCCCCCC. The topological polar surface area (TPSA) is 237 Å². The number of hydrogen-bond acceptors (Lipinski definition) is 15. The van der Waals surface area contributed by atoms with Crippen molar-refractivity contribution in [1.82, 2.24) is 0 Å². The van der Waals surface area contributed by atoms with Gasteiger partial charge in [-0.3, -0.25) is 37.3 Å². The van der Waals surface area contributed by atoms with Crippen molar-refractivity contribution in [2.45, 2.75) is 354 Å². The van der Waals surface area contributed by atoms with Crippen molar-refractivity contribution >= 4 is 39.5 Å². The predicted molar refractivity (Wildman–Crippen MR) is 418 cm³/mol. The molecular weight excluding hydrogens is 1330 g/mol. The smallest absolute Gasteiger partial charge is 0.462 e. The number of aliphatic hydroxyl groups is 1. The molecule has 102 heavy (non-hydrogen) atoms. The van der Waals surface area contributed by atoms with Crippen LogP contribution in [0.25, 0.3) is 0 Å². The van der Waals surface area contributed by atoms with E-state index in [0.717, 1.165) is 154 Å². The fraction of sp³-hybridized carbons (Fsp3) is 0.735. The summed E-state index contributed by atoms with van der Waals surface area (Å²) < 4.78 is 68.6. The number of hydrogen-bond donors (Lipinski definition) is 3. The fourth-order valence-corrected chi connectivity index (χ4v) is 12.3. The second-order valence-electron chi connectivity index (χ2n) is 26.6. The molecular formula is C83H144O17P2. The molecule has 0 fully saturated rings. The largest absolute Gasteiger partial charge is 0.472 e. The number of aliphatic hydroxyl groups excluding tert-OH is 1. The zero-order valence-electron chi connectivity index (χ0n) is 64.3. The molecule has 0 saturated carbocycles. The monoisotopic (exact) mass is 1470 g/mol. The third-order valence-corrected chi connectivity index (χ3v) is 18.7. The first kappa shape index (κ1) is 97.7. The lowest BCUT2D eigenvalue weighted by molar-refractivity contribution is -0.161. The van der Waals surface area contributed by atoms with Gasteiger partial charge in [-0.05, 0) is 109 Å². The Labute approximate surface area is 619 Å². The molecule has 0 aromatic rings. The molecule has 0 radical (unpaired) electrons. The second-order valence-corrected chi connectivity index (χ2v) is 29.5. The van der Waals surface area contributed by atoms with E-state index in [-0.39, 0.29) is 25.7 Å². The van der Waals surface area contributed by atoms with Crippen LogP contribution in [0.15, 0.2) is 109 Å². The molecule has 0 rings (SSSR count). The van der Waals surface area contributed by atoms with E-state index < -0.39 is 97.5 Å². The van der Waals surface area contributed by atoms with Gasteiger partial charge in [-0.25, -0.2) is 9.13 Å². The van der Waals surface area contributed by atoms with Crippen molar-refractivity contribution in [3.8, 4) is 0 Å². The van der Waals surface area contributed by atoms with Gasteiger partial charge >= 0.3 is 39.5 Å². The molecule has 5 unspecified atom stereocenters. The third kappa shape index (κ3) is 74.0. The first-order chi connectivity index (χ1) is 49.7. The summed E-state index contributed by atoms with van der Waals surface area (Å²) in [5.41, 5.74) is 0. The highest BCUT2D eigenvalue weighted by Gasteiger charge is 2.30. The average molecular weight is 1480 g/mol. The molecule has 0 aliphatic heterocycles. The van der Waals surface area contributed by atoms with Gasteiger partial charge in [0.2, 0.25) is 0 Å². The van der Waals surface area contributed by atoms with Crippen molar-refractivity contribution in [1.29, 1.82) is 0 Å². The summed E-state index contributed by atoms with van der Waals surface area (Å²) in [5, 5.41) is 10.6. The highest BCUT2D eigenvalue weighted by atomic mass is 31.2. The van der Waals surface area contributed by atoms with Gasteiger partial charge in [-0.15, -0.1) is 0 Å². The molecule has 19 heteroatoms. The number of esters is 4. The number of phosphoric acid groups is 2. The summed E-state index contributed by atoms with van der Waals surface area (Å²) in [6.07, 6.45) is 80.7. The summed E-state index contributed by atoms with van der Waals surface area (Å²) in [7, 11) is -9.96. The molecule has 0 aliphatic carbocycles. The molecule has 0 amide bonds. The van der Waals surface area contributed by atoms with Crippen LogP contribution in [0, 0.1) is 0 Å². The Morgan fingerprint density at radius 2 is 0.510 bits per heavy atom. The van der Waals surface area contributed by atoms with Crippen LogP contribution in [0.5, 0.6) is 0 Å². The van der Waals surface area contributed by atoms with Crippen LogP contribution in [0.1, 0.15) is 336 Å². The van der Waals surface area contributed by atoms with E-state index in [4.69, 9.17) is 37.0 Å². The van der Waals surface area contributed by atoms with Gasteiger partial charge in [0.15, 0.2) is 12.2 Å². The van der Waals surface area contributed by atoms with Gasteiger partial charge in [-0.2, -0.15) is 0 Å². The molecule has 17 nitrogen and oxygen atoms in total. The van der Waals surface area contributed by atoms with Gasteiger partial charge in [0.1, 0.15) is 19.3 Å². The highest BCUT2D eigenvalue weighted by molar-refractivity contribution is 7.47. The van der Waals surface area contributed by atoms with Gasteiger partial charge in [0, 0.05) is 25.7 Å². The van der Waals surface area contributed by atoms with E-state index >= 15 is 0 Å². The predicted octanol–water partition coefficient (Wildman–Crippen LogP) is 23.3. The van der Waals surface area contributed by atoms with E-state index in [1.54, 1.807) is 0 Å². The summed E-state index contributed by atoms with van der Waals surface area (Å²) in [4.78, 5) is 73.0. The second kappa shape index (κ2) is 75.0. The number of ether oxygens (including phenoxy) is 4. The molecule has 0 aliphatic rings. The van der Waals surface area contributed by atoms with Crippen molar-refractivity contribution in [2.24, 2.45) is 0 Å². The number of phosphoric ester groups is 2. The number of unbranched alkanes of at least 4 members (excludes halogenated alkanes) is 31. The van der Waals surface area contributed by atoms with E-state index in [1.807, 2.05) is 0 Å². The summed E-state index contributed by atoms with van der Waals surface area (Å²) >= 11 is 0. The van der Waals surface area contributed by atoms with Crippen molar-refractivity contribution in [2.75, 3.05) is 39.6 Å². The summed E-state index contributed by atoms with van der Waals surface area (Å²) in [6, 6.07) is 0. The normalized spacial score (nSPS) is 14.5. The van der Waals surface area contributed by atoms with E-state index in [1.165, 1.54) is 103 Å². The summed E-state index contributed by atoms with van der Waals surface area (Å²) in [5.74, 6) is -2.22. The molecule has 0 saturated heterocycles. The Morgan fingerprint density at radius 3 is 0.794 bits per heavy atom. The van der Waals surface area contributed by atoms with Crippen LogP contribution in [-0.4, -0.2) is 96.7 Å². The maximum atomic E-state index is 13.1. The molecule has 588 valence electrons. The first-order valence-corrected chi connectivity index (χ1v) is 43.1. The number of rotatable bonds is 75. The van der Waals surface area contributed by atoms with Crippen LogP contribution >= 0.6 is 15.6 Å². The zero-order chi connectivity index (χ0) is 74.6. The van der Waals surface area contributed by atoms with Gasteiger partial charge < -0.3 is 33.8 Å². The molecule has 0 bridgehead atoms. The Balaban J connectivity index is 5.36. The Hall–Kier alpha value is -4.28. The van der Waals surface area contributed by atoms with Crippen LogP contribution in [-0.2, 0) is 65.4 Å². The van der Waals surface area contributed by atoms with Crippen molar-refractivity contribution in [3.05, 3.63) is 109 Å². The highest BCUT2D eigenvalue weighted by Crippen LogP contribution is 2.45. The van der Waals surface area contributed by atoms with E-state index in [0.29, 0.717) is 25.7 Å². The van der Waals surface area contributed by atoms with Crippen LogP contribution in [0.3, 0.4) is 0 Å². The number of carbonyl (C=O) groups is 4. The average Bonchev–Trinajstić information content (AvgIpc) is 0.939. The molecule has 0 aromatic heterocycles. The standard InChI is InChI=1S/C83H144O17P2/c1-5-9-13-17-21-25-29-32-35-37-38-40-43-45-49-52-56-60-64-68-81(86)94-74-79(100-83(88)70-66-62-58-54-50-46-41-34-31-27-23-19-15-11-7-3)76-98-102(91,92)96-72-77(84)71-95-101(89,90)97-75-78(99-82(87)69-65-61-57-53-47-28-24-20-16-12-8-4)73-93-80(85)67-63-59-55-51-48-44-42-39-36-33-30-26-22-18-14-10-6-2/h9-10,13-14,21-22,25-26,32-33,35-36,38,40,42,44-45,49,77-79,84H,5-8,11-12,15-20,23-24,27-31,34,37,39,41,43,46-48,50-76H2,1-4H3,(H,89,90)(H,91,92)/b13-9-,14-10-,25-21-,26-22-,35-32-,36-33-,40-38-,44-42-,49-45-. The molecule has 0 aromatic carbocycles. The maximum absolute atomic E-state index is 13.1. The Morgan fingerprint density at radius 1 is 0.284 bits per heavy atom. The summed E-state index contributed by atoms with van der Waals surface area (Å²) in [6.45, 7) is 4.62. The number of allylic oxidation sites excluding steroid dienone is 18. The molecule has 0 spiro atoms. The minimum atomic E-state index is -4.98. The maximum Gasteiger partial charge on any atom is 0.472 e. The van der Waals surface area contributed by atoms with Crippen LogP contribution < -0.4 is 0 Å². The third-order valence-electron chi connectivity index (χ3n) is 16.8. The van der Waals surface area contributed by atoms with Crippen molar-refractivity contribution < 1.29 is 80.2 Å². The lowest BCUT2D eigenvalue weighted by Crippen LogP contribution is -2.30. The molecule has 0 heterocycles. The van der Waals surface area contributed by atoms with Crippen molar-refractivity contribution in [3.63, 3.8) is 0 Å². The van der Waals surface area contributed by atoms with Gasteiger partial charge in [0.25, 0.3) is 0 Å². The Bertz CT molecular complexity index is 2360. The minimum Gasteiger partial charge on any atom is -0.462 e. The molecule has 3 N–H and O–H groups in total. The lowest BCUT2D eigenvalue weighted by atomic mass is 10.0. The quantitative estimate of drug-likeness (QED) is 0.0169. The Kier molecular flexibility index (Phi) is 71.8. The fourth-order valence-electron chi connectivity index (χ4n) is 10.7. The van der Waals surface area contributed by atoms with E-state index in [9.17, 15) is 43.2 Å². The van der Waals surface area contributed by atoms with Crippen LogP contribution in [0.2, 0.25) is 0 Å². The first-order valence-electron chi connectivity index (χ1n) is 40.1. The van der Waals surface area contributed by atoms with E-state index in [2.05, 4.69) is 137 Å². The zero-order valence-corrected chi connectivity index (χ0v) is 66.0. The minimum absolute atomic E-state index is 0.0898. The number of carbonyl (C=O) groups excluding carboxylic acids is 4. The van der Waals surface area contributed by atoms with Gasteiger partial charge in [-0.1, -0.05) is 310 Å². The van der Waals surface area contributed by atoms with Crippen LogP contribution in [0.4, 0.5) is 0 Å².